The minimum Gasteiger partial charge on any atom is -0.480 e. The Bertz CT molecular complexity index is 1380. The highest BCUT2D eigenvalue weighted by Gasteiger charge is 2.36. The number of aryl methyl sites for hydroxylation is 1. The molecule has 0 atom stereocenters. The zero-order valence-electron chi connectivity index (χ0n) is 17.4. The second kappa shape index (κ2) is 8.80. The second-order valence-corrected chi connectivity index (χ2v) is 8.91. The van der Waals surface area contributed by atoms with Gasteiger partial charge in [0, 0.05) is 10.4 Å². The van der Waals surface area contributed by atoms with Gasteiger partial charge in [-0.3, -0.25) is 24.0 Å². The van der Waals surface area contributed by atoms with Gasteiger partial charge in [-0.2, -0.15) is 18.3 Å². The number of aliphatic carboxylic acids is 1. The number of alkyl halides is 3. The van der Waals surface area contributed by atoms with E-state index in [1.165, 1.54) is 22.9 Å². The van der Waals surface area contributed by atoms with Crippen molar-refractivity contribution in [2.75, 3.05) is 6.54 Å². The lowest BCUT2D eigenvalue weighted by Crippen LogP contribution is -2.33. The van der Waals surface area contributed by atoms with Crippen molar-refractivity contribution in [3.63, 3.8) is 0 Å². The van der Waals surface area contributed by atoms with Crippen LogP contribution < -0.4 is 0 Å². The maximum Gasteiger partial charge on any atom is 0.416 e. The van der Waals surface area contributed by atoms with Gasteiger partial charge in [-0.15, -0.1) is 0 Å². The van der Waals surface area contributed by atoms with Crippen molar-refractivity contribution in [2.45, 2.75) is 19.6 Å². The van der Waals surface area contributed by atoms with Crippen LogP contribution in [0.5, 0.6) is 0 Å². The molecule has 34 heavy (non-hydrogen) atoms. The summed E-state index contributed by atoms with van der Waals surface area (Å²) in [6.45, 7) is 0.844. The summed E-state index contributed by atoms with van der Waals surface area (Å²) in [5.41, 5.74) is 0.870. The van der Waals surface area contributed by atoms with Gasteiger partial charge in [-0.25, -0.2) is 0 Å². The minimum absolute atomic E-state index is 0.0116. The Morgan fingerprint density at radius 1 is 1.21 bits per heavy atom. The predicted octanol–water partition coefficient (Wildman–Crippen LogP) is 5.19. The topological polar surface area (TPSA) is 92.5 Å². The summed E-state index contributed by atoms with van der Waals surface area (Å²) in [5, 5.41) is 13.2. The first-order valence-corrected chi connectivity index (χ1v) is 10.9. The summed E-state index contributed by atoms with van der Waals surface area (Å²) in [6.07, 6.45) is -3.11. The molecule has 7 nitrogen and oxygen atoms in total. The lowest BCUT2D eigenvalue weighted by Gasteiger charge is -2.14. The molecule has 2 amide bonds. The number of nitrogens with zero attached hydrogens (tertiary/aromatic N) is 3. The van der Waals surface area contributed by atoms with Gasteiger partial charge in [0.1, 0.15) is 6.54 Å². The van der Waals surface area contributed by atoms with E-state index in [2.05, 4.69) is 5.10 Å². The van der Waals surface area contributed by atoms with E-state index < -0.39 is 35.4 Å². The zero-order valence-corrected chi connectivity index (χ0v) is 19.0. The highest BCUT2D eigenvalue weighted by atomic mass is 35.5. The molecule has 0 spiro atoms. The molecule has 12 heteroatoms. The number of carbonyl (C=O) groups is 3. The molecule has 0 aliphatic carbocycles. The van der Waals surface area contributed by atoms with E-state index in [0.29, 0.717) is 38.8 Å². The van der Waals surface area contributed by atoms with E-state index >= 15 is 0 Å². The Labute approximate surface area is 199 Å². The quantitative estimate of drug-likeness (QED) is 0.476. The van der Waals surface area contributed by atoms with Gasteiger partial charge in [0.15, 0.2) is 0 Å². The third-order valence-corrected chi connectivity index (χ3v) is 6.26. The number of amides is 2. The van der Waals surface area contributed by atoms with E-state index in [4.69, 9.17) is 16.7 Å². The summed E-state index contributed by atoms with van der Waals surface area (Å²) in [5.74, 6) is -2.00. The number of thioether (sulfide) groups is 1. The molecular weight excluding hydrogens is 495 g/mol. The van der Waals surface area contributed by atoms with Gasteiger partial charge in [0.25, 0.3) is 11.1 Å². The van der Waals surface area contributed by atoms with Crippen LogP contribution in [0.25, 0.3) is 17.0 Å². The number of carboxylic acids is 1. The Hall–Kier alpha value is -3.31. The Morgan fingerprint density at radius 3 is 2.62 bits per heavy atom. The molecule has 0 saturated carbocycles. The Kier molecular flexibility index (Phi) is 6.17. The monoisotopic (exact) mass is 509 g/mol. The van der Waals surface area contributed by atoms with Crippen LogP contribution in [0, 0.1) is 6.92 Å². The number of carboxylic acid groups (broad SMARTS) is 1. The maximum absolute atomic E-state index is 13.5. The van der Waals surface area contributed by atoms with Gasteiger partial charge in [0.2, 0.25) is 0 Å². The lowest BCUT2D eigenvalue weighted by molar-refractivity contribution is -0.140. The first kappa shape index (κ1) is 23.8. The molecular formula is C22H15ClF3N3O4S. The van der Waals surface area contributed by atoms with Gasteiger partial charge < -0.3 is 5.11 Å². The van der Waals surface area contributed by atoms with Crippen molar-refractivity contribution in [3.8, 4) is 0 Å². The van der Waals surface area contributed by atoms with Crippen LogP contribution >= 0.6 is 23.4 Å². The SMILES string of the molecule is Cc1nn(Cc2ccc(Cl)cc2C(F)(F)F)c2ccc(/C=C3\SC(=O)N(CC(=O)O)C3=O)cc12. The Balaban J connectivity index is 1.67. The van der Waals surface area contributed by atoms with Gasteiger partial charge in [0.05, 0.1) is 28.2 Å². The number of hydrogen-bond acceptors (Lipinski definition) is 5. The van der Waals surface area contributed by atoms with Crippen LogP contribution in [0.1, 0.15) is 22.4 Å². The lowest BCUT2D eigenvalue weighted by atomic mass is 10.1. The first-order chi connectivity index (χ1) is 15.9. The second-order valence-electron chi connectivity index (χ2n) is 7.48. The zero-order chi connectivity index (χ0) is 24.8. The summed E-state index contributed by atoms with van der Waals surface area (Å²) < 4.78 is 41.9. The van der Waals surface area contributed by atoms with Crippen LogP contribution in [-0.4, -0.2) is 43.4 Å². The predicted molar refractivity (Wildman–Crippen MR) is 120 cm³/mol. The molecule has 1 aliphatic rings. The molecule has 0 radical (unpaired) electrons. The standard InChI is InChI=1S/C22H15ClF3N3O4S/c1-11-15-6-12(7-18-20(32)28(10-19(30)31)21(33)34-18)2-5-17(15)29(27-11)9-13-3-4-14(23)8-16(13)22(24,25)26/h2-8H,9-10H2,1H3,(H,30,31)/b18-7-. The molecule has 1 aliphatic heterocycles. The fourth-order valence-electron chi connectivity index (χ4n) is 3.60. The molecule has 2 heterocycles. The van der Waals surface area contributed by atoms with E-state index in [9.17, 15) is 27.6 Å². The van der Waals surface area contributed by atoms with Crippen molar-refractivity contribution < 1.29 is 32.7 Å². The van der Waals surface area contributed by atoms with Crippen molar-refractivity contribution >= 4 is 57.5 Å². The number of carbonyl (C=O) groups excluding carboxylic acids is 2. The fraction of sp³-hybridized carbons (Fsp3) is 0.182. The van der Waals surface area contributed by atoms with Gasteiger partial charge in [-0.05, 0) is 60.2 Å². The number of fused-ring (bicyclic) bond motifs is 1. The minimum atomic E-state index is -4.57. The summed E-state index contributed by atoms with van der Waals surface area (Å²) >= 11 is 6.40. The molecule has 2 aromatic carbocycles. The van der Waals surface area contributed by atoms with Crippen molar-refractivity contribution in [1.82, 2.24) is 14.7 Å². The highest BCUT2D eigenvalue weighted by molar-refractivity contribution is 8.18. The molecule has 4 rings (SSSR count). The number of imide groups is 1. The summed E-state index contributed by atoms with van der Waals surface area (Å²) in [4.78, 5) is 35.9. The number of aromatic nitrogens is 2. The average Bonchev–Trinajstić information content (AvgIpc) is 3.19. The van der Waals surface area contributed by atoms with Crippen LogP contribution in [-0.2, 0) is 22.3 Å². The van der Waals surface area contributed by atoms with Crippen LogP contribution in [0.3, 0.4) is 0 Å². The van der Waals surface area contributed by atoms with E-state index in [0.717, 1.165) is 6.07 Å². The third kappa shape index (κ3) is 4.66. The van der Waals surface area contributed by atoms with Crippen molar-refractivity contribution in [3.05, 3.63) is 68.7 Å². The molecule has 1 fully saturated rings. The van der Waals surface area contributed by atoms with E-state index in [1.54, 1.807) is 25.1 Å². The largest absolute Gasteiger partial charge is 0.480 e. The molecule has 0 unspecified atom stereocenters. The molecule has 0 bridgehead atoms. The average molecular weight is 510 g/mol. The molecule has 1 saturated heterocycles. The maximum atomic E-state index is 13.5. The molecule has 1 N–H and O–H groups in total. The van der Waals surface area contributed by atoms with Gasteiger partial charge >= 0.3 is 12.1 Å². The van der Waals surface area contributed by atoms with E-state index in [-0.39, 0.29) is 22.0 Å². The first-order valence-electron chi connectivity index (χ1n) is 9.74. The summed E-state index contributed by atoms with van der Waals surface area (Å²) in [7, 11) is 0. The Morgan fingerprint density at radius 2 is 1.94 bits per heavy atom. The normalized spacial score (nSPS) is 15.7. The number of rotatable bonds is 5. The summed E-state index contributed by atoms with van der Waals surface area (Å²) in [6, 6.07) is 8.58. The van der Waals surface area contributed by atoms with Crippen molar-refractivity contribution in [2.24, 2.45) is 0 Å². The van der Waals surface area contributed by atoms with Crippen molar-refractivity contribution in [1.29, 1.82) is 0 Å². The van der Waals surface area contributed by atoms with Crippen LogP contribution in [0.2, 0.25) is 5.02 Å². The fourth-order valence-corrected chi connectivity index (χ4v) is 4.61. The van der Waals surface area contributed by atoms with Crippen LogP contribution in [0.4, 0.5) is 18.0 Å². The molecule has 1 aromatic heterocycles. The number of halogens is 4. The molecule has 176 valence electrons. The number of benzene rings is 2. The van der Waals surface area contributed by atoms with Gasteiger partial charge in [-0.1, -0.05) is 23.7 Å². The van der Waals surface area contributed by atoms with Crippen LogP contribution in [0.15, 0.2) is 41.3 Å². The highest BCUT2D eigenvalue weighted by Crippen LogP contribution is 2.35. The molecule has 3 aromatic rings. The number of hydrogen-bond donors (Lipinski definition) is 1. The van der Waals surface area contributed by atoms with E-state index in [1.807, 2.05) is 0 Å². The smallest absolute Gasteiger partial charge is 0.416 e. The third-order valence-electron chi connectivity index (χ3n) is 5.12.